The molecule has 1 saturated carbocycles. The first-order chi connectivity index (χ1) is 10.0. The van der Waals surface area contributed by atoms with E-state index in [1.165, 1.54) is 0 Å². The average Bonchev–Trinajstić information content (AvgIpc) is 2.40. The van der Waals surface area contributed by atoms with E-state index < -0.39 is 16.6 Å². The fourth-order valence-electron chi connectivity index (χ4n) is 2.34. The number of non-ortho nitro benzene ring substituents is 1. The van der Waals surface area contributed by atoms with E-state index in [9.17, 15) is 19.3 Å². The predicted octanol–water partition coefficient (Wildman–Crippen LogP) is 2.11. The van der Waals surface area contributed by atoms with Crippen molar-refractivity contribution in [3.8, 4) is 0 Å². The Morgan fingerprint density at radius 3 is 2.67 bits per heavy atom. The van der Waals surface area contributed by atoms with Crippen LogP contribution in [0.25, 0.3) is 0 Å². The topological polar surface area (TPSA) is 83.7 Å². The van der Waals surface area contributed by atoms with E-state index in [0.717, 1.165) is 37.5 Å². The zero-order valence-corrected chi connectivity index (χ0v) is 11.5. The van der Waals surface area contributed by atoms with Crippen LogP contribution in [0.3, 0.4) is 0 Å². The Hall–Kier alpha value is -2.02. The molecule has 0 spiro atoms. The molecule has 0 saturated heterocycles. The van der Waals surface area contributed by atoms with Crippen molar-refractivity contribution >= 4 is 11.6 Å². The number of hydrogen-bond acceptors (Lipinski definition) is 4. The fourth-order valence-corrected chi connectivity index (χ4v) is 2.34. The van der Waals surface area contributed by atoms with Crippen molar-refractivity contribution in [2.24, 2.45) is 0 Å². The predicted molar refractivity (Wildman–Crippen MR) is 73.4 cm³/mol. The highest BCUT2D eigenvalue weighted by atomic mass is 19.1. The fraction of sp³-hybridized carbons (Fsp3) is 0.500. The number of nitro groups is 1. The lowest BCUT2D eigenvalue weighted by Crippen LogP contribution is -2.45. The molecular formula is C14H17FN2O4. The molecule has 1 N–H and O–H groups in total. The third kappa shape index (κ3) is 3.36. The molecule has 0 aliphatic heterocycles. The van der Waals surface area contributed by atoms with Gasteiger partial charge in [-0.2, -0.15) is 0 Å². The van der Waals surface area contributed by atoms with Gasteiger partial charge in [0.1, 0.15) is 5.82 Å². The Morgan fingerprint density at radius 1 is 1.48 bits per heavy atom. The molecular weight excluding hydrogens is 279 g/mol. The molecule has 6 nitrogen and oxygen atoms in total. The first kappa shape index (κ1) is 15.4. The van der Waals surface area contributed by atoms with Crippen LogP contribution in [0.5, 0.6) is 0 Å². The molecule has 21 heavy (non-hydrogen) atoms. The van der Waals surface area contributed by atoms with Crippen molar-refractivity contribution in [2.75, 3.05) is 13.2 Å². The molecule has 0 bridgehead atoms. The van der Waals surface area contributed by atoms with Crippen LogP contribution < -0.4 is 0 Å². The van der Waals surface area contributed by atoms with Crippen molar-refractivity contribution in [3.63, 3.8) is 0 Å². The second kappa shape index (κ2) is 6.62. The van der Waals surface area contributed by atoms with Crippen LogP contribution in [0.4, 0.5) is 10.1 Å². The zero-order valence-electron chi connectivity index (χ0n) is 11.5. The Kier molecular flexibility index (Phi) is 4.85. The number of carbonyl (C=O) groups excluding carboxylic acids is 1. The summed E-state index contributed by atoms with van der Waals surface area (Å²) in [6.45, 7) is 0.315. The smallest absolute Gasteiger partial charge is 0.272 e. The number of aliphatic hydroxyl groups excluding tert-OH is 1. The van der Waals surface area contributed by atoms with Crippen molar-refractivity contribution in [3.05, 3.63) is 39.7 Å². The van der Waals surface area contributed by atoms with Gasteiger partial charge in [0.15, 0.2) is 0 Å². The molecule has 7 heteroatoms. The highest BCUT2D eigenvalue weighted by molar-refractivity contribution is 5.95. The van der Waals surface area contributed by atoms with Gasteiger partial charge in [0, 0.05) is 25.3 Å². The number of halogens is 1. The molecule has 0 unspecified atom stereocenters. The van der Waals surface area contributed by atoms with E-state index >= 15 is 0 Å². The molecule has 0 aromatic heterocycles. The number of amides is 1. The standard InChI is InChI=1S/C14H17FN2O4/c15-13-9-11(17(20)21)5-6-12(13)14(19)16(7-2-8-18)10-3-1-4-10/h5-6,9-10,18H,1-4,7-8H2. The highest BCUT2D eigenvalue weighted by Crippen LogP contribution is 2.27. The number of nitrogens with zero attached hydrogens (tertiary/aromatic N) is 2. The Bertz CT molecular complexity index is 546. The molecule has 1 aliphatic carbocycles. The van der Waals surface area contributed by atoms with Gasteiger partial charge in [-0.25, -0.2) is 4.39 Å². The molecule has 0 radical (unpaired) electrons. The molecule has 0 atom stereocenters. The molecule has 2 rings (SSSR count). The van der Waals surface area contributed by atoms with Crippen molar-refractivity contribution in [1.82, 2.24) is 4.90 Å². The minimum absolute atomic E-state index is 0.0424. The largest absolute Gasteiger partial charge is 0.396 e. The van der Waals surface area contributed by atoms with Gasteiger partial charge in [-0.1, -0.05) is 0 Å². The Morgan fingerprint density at radius 2 is 2.19 bits per heavy atom. The summed E-state index contributed by atoms with van der Waals surface area (Å²) in [6.07, 6.45) is 3.19. The number of rotatable bonds is 6. The maximum Gasteiger partial charge on any atom is 0.272 e. The summed E-state index contributed by atoms with van der Waals surface area (Å²) in [7, 11) is 0. The summed E-state index contributed by atoms with van der Waals surface area (Å²) in [6, 6.07) is 3.11. The van der Waals surface area contributed by atoms with Gasteiger partial charge in [0.25, 0.3) is 11.6 Å². The average molecular weight is 296 g/mol. The monoisotopic (exact) mass is 296 g/mol. The van der Waals surface area contributed by atoms with Gasteiger partial charge >= 0.3 is 0 Å². The molecule has 0 heterocycles. The lowest BCUT2D eigenvalue weighted by molar-refractivity contribution is -0.385. The minimum atomic E-state index is -0.887. The van der Waals surface area contributed by atoms with Crippen molar-refractivity contribution < 1.29 is 19.2 Å². The number of aliphatic hydroxyl groups is 1. The maximum absolute atomic E-state index is 13.9. The van der Waals surface area contributed by atoms with Gasteiger partial charge in [-0.15, -0.1) is 0 Å². The quantitative estimate of drug-likeness (QED) is 0.643. The second-order valence-corrected chi connectivity index (χ2v) is 5.08. The number of nitro benzene ring substituents is 1. The van der Waals surface area contributed by atoms with Crippen LogP contribution in [0, 0.1) is 15.9 Å². The summed E-state index contributed by atoms with van der Waals surface area (Å²) in [4.78, 5) is 23.9. The normalized spacial score (nSPS) is 14.6. The van der Waals surface area contributed by atoms with E-state index in [1.807, 2.05) is 0 Å². The number of hydrogen-bond donors (Lipinski definition) is 1. The third-order valence-corrected chi connectivity index (χ3v) is 3.73. The summed E-state index contributed by atoms with van der Waals surface area (Å²) < 4.78 is 13.9. The highest BCUT2D eigenvalue weighted by Gasteiger charge is 2.30. The zero-order chi connectivity index (χ0) is 15.4. The van der Waals surface area contributed by atoms with Gasteiger partial charge in [0.2, 0.25) is 0 Å². The van der Waals surface area contributed by atoms with Crippen LogP contribution in [-0.4, -0.2) is 40.0 Å². The van der Waals surface area contributed by atoms with Gasteiger partial charge in [0.05, 0.1) is 16.6 Å². The van der Waals surface area contributed by atoms with E-state index in [1.54, 1.807) is 4.90 Å². The SMILES string of the molecule is O=C(c1ccc([N+](=O)[O-])cc1F)N(CCCO)C1CCC1. The lowest BCUT2D eigenvalue weighted by Gasteiger charge is -2.37. The maximum atomic E-state index is 13.9. The molecule has 1 aromatic rings. The summed E-state index contributed by atoms with van der Waals surface area (Å²) in [5, 5.41) is 19.5. The molecule has 114 valence electrons. The summed E-state index contributed by atoms with van der Waals surface area (Å²) in [5.41, 5.74) is -0.542. The number of carbonyl (C=O) groups is 1. The van der Waals surface area contributed by atoms with Crippen LogP contribution >= 0.6 is 0 Å². The van der Waals surface area contributed by atoms with Crippen LogP contribution in [-0.2, 0) is 0 Å². The first-order valence-corrected chi connectivity index (χ1v) is 6.90. The summed E-state index contributed by atoms with van der Waals surface area (Å²) in [5.74, 6) is -1.36. The number of benzene rings is 1. The van der Waals surface area contributed by atoms with E-state index in [2.05, 4.69) is 0 Å². The van der Waals surface area contributed by atoms with Crippen molar-refractivity contribution in [1.29, 1.82) is 0 Å². The van der Waals surface area contributed by atoms with E-state index in [0.29, 0.717) is 13.0 Å². The first-order valence-electron chi connectivity index (χ1n) is 6.90. The van der Waals surface area contributed by atoms with Crippen LogP contribution in [0.15, 0.2) is 18.2 Å². The van der Waals surface area contributed by atoms with Gasteiger partial charge in [-0.05, 0) is 31.7 Å². The van der Waals surface area contributed by atoms with Crippen LogP contribution in [0.2, 0.25) is 0 Å². The van der Waals surface area contributed by atoms with Crippen molar-refractivity contribution in [2.45, 2.75) is 31.7 Å². The van der Waals surface area contributed by atoms with Gasteiger partial charge in [-0.3, -0.25) is 14.9 Å². The Labute approximate surface area is 121 Å². The van der Waals surface area contributed by atoms with Crippen LogP contribution in [0.1, 0.15) is 36.0 Å². The van der Waals surface area contributed by atoms with Gasteiger partial charge < -0.3 is 10.0 Å². The second-order valence-electron chi connectivity index (χ2n) is 5.08. The van der Waals surface area contributed by atoms with E-state index in [-0.39, 0.29) is 23.9 Å². The summed E-state index contributed by atoms with van der Waals surface area (Å²) >= 11 is 0. The Balaban J connectivity index is 2.21. The molecule has 1 aliphatic rings. The minimum Gasteiger partial charge on any atom is -0.396 e. The molecule has 1 fully saturated rings. The molecule has 1 amide bonds. The lowest BCUT2D eigenvalue weighted by atomic mass is 9.90. The third-order valence-electron chi connectivity index (χ3n) is 3.73. The molecule has 1 aromatic carbocycles. The van der Waals surface area contributed by atoms with E-state index in [4.69, 9.17) is 5.11 Å².